The van der Waals surface area contributed by atoms with Gasteiger partial charge in [-0.1, -0.05) is 0 Å². The van der Waals surface area contributed by atoms with Crippen LogP contribution in [0.5, 0.6) is 0 Å². The Balaban J connectivity index is 1.71. The van der Waals surface area contributed by atoms with E-state index in [0.717, 1.165) is 12.0 Å². The van der Waals surface area contributed by atoms with Crippen molar-refractivity contribution in [2.45, 2.75) is 31.3 Å². The van der Waals surface area contributed by atoms with Crippen LogP contribution in [-0.2, 0) is 0 Å². The van der Waals surface area contributed by atoms with E-state index in [1.54, 1.807) is 0 Å². The summed E-state index contributed by atoms with van der Waals surface area (Å²) in [5, 5.41) is 5.88. The molecule has 2 heterocycles. The quantitative estimate of drug-likeness (QED) is 0.917. The van der Waals surface area contributed by atoms with Crippen LogP contribution in [0, 0.1) is 5.92 Å². The summed E-state index contributed by atoms with van der Waals surface area (Å²) in [6.45, 7) is 2.41. The fourth-order valence-corrected chi connectivity index (χ4v) is 4.64. The minimum Gasteiger partial charge on any atom is -0.314 e. The normalized spacial score (nSPS) is 30.0. The Bertz CT molecular complexity index is 389. The third-order valence-electron chi connectivity index (χ3n) is 3.93. The molecule has 2 aliphatic rings. The molecule has 1 saturated carbocycles. The maximum absolute atomic E-state index is 3.69. The molecule has 1 aromatic heterocycles. The number of thiophene rings is 1. The molecule has 1 N–H and O–H groups in total. The van der Waals surface area contributed by atoms with Gasteiger partial charge in [-0.25, -0.2) is 0 Å². The summed E-state index contributed by atoms with van der Waals surface area (Å²) in [6.07, 6.45) is 4.09. The first kappa shape index (κ1) is 12.2. The van der Waals surface area contributed by atoms with Gasteiger partial charge < -0.3 is 5.32 Å². The fraction of sp³-hybridized carbons (Fsp3) is 0.692. The minimum absolute atomic E-state index is 0.607. The van der Waals surface area contributed by atoms with Gasteiger partial charge in [0.2, 0.25) is 0 Å². The van der Waals surface area contributed by atoms with Crippen LogP contribution in [0.15, 0.2) is 15.9 Å². The van der Waals surface area contributed by atoms with Gasteiger partial charge in [0.15, 0.2) is 0 Å². The summed E-state index contributed by atoms with van der Waals surface area (Å²) in [5.41, 5.74) is 0. The molecule has 4 heteroatoms. The molecule has 0 aromatic carbocycles. The molecule has 0 amide bonds. The van der Waals surface area contributed by atoms with E-state index in [9.17, 15) is 0 Å². The molecule has 0 spiro atoms. The van der Waals surface area contributed by atoms with E-state index in [2.05, 4.69) is 44.6 Å². The lowest BCUT2D eigenvalue weighted by atomic mass is 9.99. The second-order valence-electron chi connectivity index (χ2n) is 5.29. The third kappa shape index (κ3) is 2.60. The van der Waals surface area contributed by atoms with E-state index in [-0.39, 0.29) is 0 Å². The molecule has 1 aromatic rings. The Morgan fingerprint density at radius 3 is 2.94 bits per heavy atom. The van der Waals surface area contributed by atoms with Crippen molar-refractivity contribution in [1.82, 2.24) is 10.2 Å². The summed E-state index contributed by atoms with van der Waals surface area (Å²) in [5.74, 6) is 0.774. The largest absolute Gasteiger partial charge is 0.314 e. The molecule has 2 unspecified atom stereocenters. The van der Waals surface area contributed by atoms with Crippen LogP contribution in [0.25, 0.3) is 0 Å². The van der Waals surface area contributed by atoms with Crippen molar-refractivity contribution >= 4 is 27.3 Å². The van der Waals surface area contributed by atoms with Gasteiger partial charge in [-0.2, -0.15) is 0 Å². The van der Waals surface area contributed by atoms with Gasteiger partial charge in [0, 0.05) is 28.0 Å². The topological polar surface area (TPSA) is 15.3 Å². The van der Waals surface area contributed by atoms with E-state index in [1.165, 1.54) is 41.7 Å². The van der Waals surface area contributed by atoms with E-state index in [1.807, 2.05) is 11.3 Å². The summed E-state index contributed by atoms with van der Waals surface area (Å²) < 4.78 is 1.29. The summed E-state index contributed by atoms with van der Waals surface area (Å²) in [6, 6.07) is 3.61. The average Bonchev–Trinajstić information content (AvgIpc) is 2.95. The number of hydrogen-bond acceptors (Lipinski definition) is 3. The van der Waals surface area contributed by atoms with Crippen LogP contribution >= 0.6 is 27.3 Å². The van der Waals surface area contributed by atoms with Gasteiger partial charge in [-0.15, -0.1) is 11.3 Å². The van der Waals surface area contributed by atoms with Crippen molar-refractivity contribution in [2.75, 3.05) is 20.1 Å². The Labute approximate surface area is 116 Å². The molecule has 2 nitrogen and oxygen atoms in total. The predicted molar refractivity (Wildman–Crippen MR) is 76.5 cm³/mol. The molecule has 3 rings (SSSR count). The van der Waals surface area contributed by atoms with Gasteiger partial charge >= 0.3 is 0 Å². The number of nitrogens with zero attached hydrogens (tertiary/aromatic N) is 1. The Morgan fingerprint density at radius 1 is 1.47 bits per heavy atom. The first-order chi connectivity index (χ1) is 8.25. The Morgan fingerprint density at radius 2 is 2.29 bits per heavy atom. The smallest absolute Gasteiger partial charge is 0.0490 e. The van der Waals surface area contributed by atoms with Gasteiger partial charge in [0.1, 0.15) is 0 Å². The molecule has 2 atom stereocenters. The van der Waals surface area contributed by atoms with Crippen molar-refractivity contribution in [1.29, 1.82) is 0 Å². The average molecular weight is 315 g/mol. The lowest BCUT2D eigenvalue weighted by Crippen LogP contribution is -2.29. The Kier molecular flexibility index (Phi) is 3.57. The Hall–Kier alpha value is 0.100. The molecule has 1 aliphatic carbocycles. The van der Waals surface area contributed by atoms with Crippen molar-refractivity contribution < 1.29 is 0 Å². The molecule has 1 saturated heterocycles. The molecule has 0 bridgehead atoms. The third-order valence-corrected chi connectivity index (χ3v) is 5.87. The summed E-state index contributed by atoms with van der Waals surface area (Å²) >= 11 is 5.57. The highest BCUT2D eigenvalue weighted by Gasteiger charge is 2.35. The molecular weight excluding hydrogens is 296 g/mol. The van der Waals surface area contributed by atoms with Crippen LogP contribution in [0.3, 0.4) is 0 Å². The van der Waals surface area contributed by atoms with E-state index in [0.29, 0.717) is 6.04 Å². The monoisotopic (exact) mass is 314 g/mol. The van der Waals surface area contributed by atoms with Crippen molar-refractivity contribution in [2.24, 2.45) is 5.92 Å². The van der Waals surface area contributed by atoms with Crippen LogP contribution < -0.4 is 5.32 Å². The highest BCUT2D eigenvalue weighted by Crippen LogP contribution is 2.41. The second kappa shape index (κ2) is 5.00. The first-order valence-corrected chi connectivity index (χ1v) is 8.09. The maximum atomic E-state index is 3.69. The van der Waals surface area contributed by atoms with Gasteiger partial charge in [0.05, 0.1) is 0 Å². The molecule has 17 heavy (non-hydrogen) atoms. The standard InChI is InChI=1S/C13H19BrN2S/c1-16-6-4-9(8-15-10-2-3-10)12(16)13-11(14)5-7-17-13/h5,7,9-10,12,15H,2-4,6,8H2,1H3. The highest BCUT2D eigenvalue weighted by molar-refractivity contribution is 9.10. The predicted octanol–water partition coefficient (Wildman–Crippen LogP) is 3.26. The van der Waals surface area contributed by atoms with Crippen molar-refractivity contribution in [3.8, 4) is 0 Å². The molecule has 94 valence electrons. The molecule has 2 fully saturated rings. The zero-order valence-electron chi connectivity index (χ0n) is 10.2. The second-order valence-corrected chi connectivity index (χ2v) is 7.09. The van der Waals surface area contributed by atoms with E-state index >= 15 is 0 Å². The molecule has 1 aliphatic heterocycles. The minimum atomic E-state index is 0.607. The van der Waals surface area contributed by atoms with Gasteiger partial charge in [-0.05, 0) is 66.1 Å². The zero-order valence-corrected chi connectivity index (χ0v) is 12.6. The highest BCUT2D eigenvalue weighted by atomic mass is 79.9. The van der Waals surface area contributed by atoms with Crippen molar-refractivity contribution in [3.05, 3.63) is 20.8 Å². The number of likely N-dealkylation sites (tertiary alicyclic amines) is 1. The van der Waals surface area contributed by atoms with E-state index < -0.39 is 0 Å². The first-order valence-electron chi connectivity index (χ1n) is 6.42. The van der Waals surface area contributed by atoms with Crippen LogP contribution in [0.1, 0.15) is 30.2 Å². The number of halogens is 1. The van der Waals surface area contributed by atoms with Crippen LogP contribution in [0.4, 0.5) is 0 Å². The fourth-order valence-electron chi connectivity index (χ4n) is 2.78. The SMILES string of the molecule is CN1CCC(CNC2CC2)C1c1sccc1Br. The van der Waals surface area contributed by atoms with Crippen LogP contribution in [-0.4, -0.2) is 31.1 Å². The molecular formula is C13H19BrN2S. The van der Waals surface area contributed by atoms with E-state index in [4.69, 9.17) is 0 Å². The van der Waals surface area contributed by atoms with Gasteiger partial charge in [0.25, 0.3) is 0 Å². The van der Waals surface area contributed by atoms with Crippen LogP contribution in [0.2, 0.25) is 0 Å². The lowest BCUT2D eigenvalue weighted by Gasteiger charge is -2.25. The number of nitrogens with one attached hydrogen (secondary N) is 1. The lowest BCUT2D eigenvalue weighted by molar-refractivity contribution is 0.275. The number of rotatable bonds is 4. The zero-order chi connectivity index (χ0) is 11.8. The summed E-state index contributed by atoms with van der Waals surface area (Å²) in [4.78, 5) is 4.02. The maximum Gasteiger partial charge on any atom is 0.0490 e. The molecule has 0 radical (unpaired) electrons. The number of hydrogen-bond donors (Lipinski definition) is 1. The summed E-state index contributed by atoms with van der Waals surface area (Å²) in [7, 11) is 2.26. The van der Waals surface area contributed by atoms with Crippen molar-refractivity contribution in [3.63, 3.8) is 0 Å². The van der Waals surface area contributed by atoms with Gasteiger partial charge in [-0.3, -0.25) is 4.90 Å².